The van der Waals surface area contributed by atoms with Crippen LogP contribution in [0.3, 0.4) is 0 Å². The van der Waals surface area contributed by atoms with Crippen molar-refractivity contribution in [2.45, 2.75) is 12.5 Å². The zero-order chi connectivity index (χ0) is 8.74. The lowest BCUT2D eigenvalue weighted by atomic mass is 10.5. The first-order valence-corrected chi connectivity index (χ1v) is 5.21. The Kier molecular flexibility index (Phi) is 5.70. The van der Waals surface area contributed by atoms with E-state index in [2.05, 4.69) is 0 Å². The number of hydrogen-bond donors (Lipinski definition) is 0. The summed E-state index contributed by atoms with van der Waals surface area (Å²) >= 11 is 0. The number of hydroxylamine groups is 3. The van der Waals surface area contributed by atoms with Gasteiger partial charge in [-0.2, -0.15) is 0 Å². The average molecular weight is 180 g/mol. The van der Waals surface area contributed by atoms with Crippen molar-refractivity contribution in [2.24, 2.45) is 0 Å². The third kappa shape index (κ3) is 3.30. The minimum atomic E-state index is -0.164. The summed E-state index contributed by atoms with van der Waals surface area (Å²) in [6.45, 7) is 0.743. The van der Waals surface area contributed by atoms with Gasteiger partial charge in [-0.05, 0) is 0 Å². The summed E-state index contributed by atoms with van der Waals surface area (Å²) in [6.07, 6.45) is 1.07. The molecule has 0 aromatic carbocycles. The Hall–Kier alpha value is 0.0569. The van der Waals surface area contributed by atoms with Crippen molar-refractivity contribution >= 4 is 10.2 Å². The highest BCUT2D eigenvalue weighted by atomic mass is 28.1. The van der Waals surface area contributed by atoms with E-state index in [4.69, 9.17) is 14.5 Å². The van der Waals surface area contributed by atoms with Gasteiger partial charge in [0.05, 0.1) is 4.97 Å². The smallest absolute Gasteiger partial charge is 0.135 e. The molecule has 0 amide bonds. The minimum Gasteiger partial charge on any atom is -0.135 e. The Bertz CT molecular complexity index is 89.6. The minimum absolute atomic E-state index is 0.164. The molecule has 0 aromatic rings. The Morgan fingerprint density at radius 3 is 1.82 bits per heavy atom. The van der Waals surface area contributed by atoms with E-state index in [0.29, 0.717) is 0 Å². The standard InChI is InChI=1S/C6H18NO3Si/c1-8-7(9-2,10-3)5-4-6-11/h4-6H2,1-3,11H3/q+1. The van der Waals surface area contributed by atoms with Gasteiger partial charge in [-0.3, -0.25) is 0 Å². The molecule has 0 aliphatic rings. The molecule has 68 valence electrons. The SMILES string of the molecule is CO[N+](CCC[SiH3])(OC)OC. The van der Waals surface area contributed by atoms with Crippen LogP contribution in [0.1, 0.15) is 6.42 Å². The maximum Gasteiger partial charge on any atom is 0.178 e. The lowest BCUT2D eigenvalue weighted by molar-refractivity contribution is -1.36. The van der Waals surface area contributed by atoms with E-state index in [0.717, 1.165) is 13.0 Å². The van der Waals surface area contributed by atoms with Crippen molar-refractivity contribution < 1.29 is 19.5 Å². The van der Waals surface area contributed by atoms with Crippen molar-refractivity contribution in [1.82, 2.24) is 0 Å². The predicted molar refractivity (Wildman–Crippen MR) is 45.5 cm³/mol. The maximum absolute atomic E-state index is 5.05. The van der Waals surface area contributed by atoms with Crippen molar-refractivity contribution in [3.8, 4) is 0 Å². The predicted octanol–water partition coefficient (Wildman–Crippen LogP) is -0.339. The van der Waals surface area contributed by atoms with Crippen LogP contribution in [0.15, 0.2) is 0 Å². The molecule has 5 heteroatoms. The zero-order valence-corrected chi connectivity index (χ0v) is 9.79. The largest absolute Gasteiger partial charge is 0.178 e. The second-order valence-corrected chi connectivity index (χ2v) is 3.24. The van der Waals surface area contributed by atoms with Crippen LogP contribution in [0.4, 0.5) is 0 Å². The average Bonchev–Trinajstić information content (AvgIpc) is 2.08. The van der Waals surface area contributed by atoms with Gasteiger partial charge in [-0.1, -0.05) is 6.04 Å². The summed E-state index contributed by atoms with van der Waals surface area (Å²) in [7, 11) is 5.92. The van der Waals surface area contributed by atoms with Gasteiger partial charge in [0.2, 0.25) is 0 Å². The molecule has 0 radical (unpaired) electrons. The molecule has 0 saturated carbocycles. The molecule has 0 atom stereocenters. The van der Waals surface area contributed by atoms with Crippen LogP contribution in [-0.4, -0.2) is 43.1 Å². The van der Waals surface area contributed by atoms with Crippen LogP contribution in [0.25, 0.3) is 0 Å². The van der Waals surface area contributed by atoms with Gasteiger partial charge in [0, 0.05) is 16.7 Å². The van der Waals surface area contributed by atoms with Gasteiger partial charge in [0.1, 0.15) is 21.3 Å². The number of rotatable bonds is 6. The molecule has 0 aliphatic carbocycles. The van der Waals surface area contributed by atoms with E-state index in [1.54, 1.807) is 21.3 Å². The topological polar surface area (TPSA) is 27.7 Å². The molecule has 0 saturated heterocycles. The molecule has 11 heavy (non-hydrogen) atoms. The summed E-state index contributed by atoms with van der Waals surface area (Å²) in [4.78, 5) is 15.0. The molecule has 0 heterocycles. The third-order valence-electron chi connectivity index (χ3n) is 1.62. The maximum atomic E-state index is 5.05. The summed E-state index contributed by atoms with van der Waals surface area (Å²) in [5, 5.41) is 0. The van der Waals surface area contributed by atoms with E-state index in [-0.39, 0.29) is 4.97 Å². The van der Waals surface area contributed by atoms with Crippen LogP contribution in [0, 0.1) is 0 Å². The molecular formula is C6H18NO3Si+. The van der Waals surface area contributed by atoms with Gasteiger partial charge in [0.25, 0.3) is 0 Å². The highest BCUT2D eigenvalue weighted by Gasteiger charge is 2.29. The quantitative estimate of drug-likeness (QED) is 0.318. The molecule has 4 nitrogen and oxygen atoms in total. The van der Waals surface area contributed by atoms with Crippen molar-refractivity contribution in [1.29, 1.82) is 0 Å². The van der Waals surface area contributed by atoms with E-state index in [1.165, 1.54) is 16.3 Å². The summed E-state index contributed by atoms with van der Waals surface area (Å²) in [5.41, 5.74) is 0. The number of nitrogens with zero attached hydrogens (tertiary/aromatic N) is 1. The van der Waals surface area contributed by atoms with Crippen molar-refractivity contribution in [3.63, 3.8) is 0 Å². The number of quaternary nitrogens is 1. The second-order valence-electron chi connectivity index (χ2n) is 2.24. The fraction of sp³-hybridized carbons (Fsp3) is 1.00. The lowest BCUT2D eigenvalue weighted by Gasteiger charge is -2.24. The van der Waals surface area contributed by atoms with Crippen molar-refractivity contribution in [2.75, 3.05) is 27.9 Å². The van der Waals surface area contributed by atoms with Gasteiger partial charge < -0.3 is 0 Å². The van der Waals surface area contributed by atoms with Gasteiger partial charge >= 0.3 is 0 Å². The van der Waals surface area contributed by atoms with Gasteiger partial charge in [0.15, 0.2) is 6.54 Å². The Labute approximate surface area is 70.9 Å². The molecule has 0 bridgehead atoms. The highest BCUT2D eigenvalue weighted by Crippen LogP contribution is 2.09. The van der Waals surface area contributed by atoms with Crippen LogP contribution in [-0.2, 0) is 14.5 Å². The second kappa shape index (κ2) is 5.67. The summed E-state index contributed by atoms with van der Waals surface area (Å²) in [6, 6.07) is 1.23. The molecular weight excluding hydrogens is 162 g/mol. The molecule has 0 aliphatic heterocycles. The van der Waals surface area contributed by atoms with Gasteiger partial charge in [-0.15, -0.1) is 14.5 Å². The molecule has 0 spiro atoms. The highest BCUT2D eigenvalue weighted by molar-refractivity contribution is 6.08. The Balaban J connectivity index is 3.84. The van der Waals surface area contributed by atoms with E-state index in [9.17, 15) is 0 Å². The molecule has 0 fully saturated rings. The summed E-state index contributed by atoms with van der Waals surface area (Å²) < 4.78 is 0. The van der Waals surface area contributed by atoms with E-state index < -0.39 is 0 Å². The first-order valence-electron chi connectivity index (χ1n) is 3.80. The van der Waals surface area contributed by atoms with Crippen LogP contribution in [0.5, 0.6) is 0 Å². The Morgan fingerprint density at radius 1 is 1.09 bits per heavy atom. The lowest BCUT2D eigenvalue weighted by Crippen LogP contribution is -2.45. The third-order valence-corrected chi connectivity index (χ3v) is 2.33. The fourth-order valence-electron chi connectivity index (χ4n) is 0.849. The molecule has 0 rings (SSSR count). The zero-order valence-electron chi connectivity index (χ0n) is 7.79. The molecule has 0 aromatic heterocycles. The van der Waals surface area contributed by atoms with E-state index >= 15 is 0 Å². The van der Waals surface area contributed by atoms with Gasteiger partial charge in [-0.25, -0.2) is 0 Å². The van der Waals surface area contributed by atoms with Crippen LogP contribution < -0.4 is 0 Å². The molecule has 0 unspecified atom stereocenters. The van der Waals surface area contributed by atoms with E-state index in [1.807, 2.05) is 0 Å². The Morgan fingerprint density at radius 2 is 1.55 bits per heavy atom. The van der Waals surface area contributed by atoms with Crippen LogP contribution in [0.2, 0.25) is 6.04 Å². The summed E-state index contributed by atoms with van der Waals surface area (Å²) in [5.74, 6) is 0. The van der Waals surface area contributed by atoms with Crippen LogP contribution >= 0.6 is 0 Å². The molecule has 0 N–H and O–H groups in total. The fourth-order valence-corrected chi connectivity index (χ4v) is 1.17. The van der Waals surface area contributed by atoms with Crippen molar-refractivity contribution in [3.05, 3.63) is 0 Å². The normalized spacial score (nSPS) is 12.3. The first-order chi connectivity index (χ1) is 5.24. The number of hydrogen-bond acceptors (Lipinski definition) is 3. The first kappa shape index (κ1) is 11.1. The monoisotopic (exact) mass is 180 g/mol.